The topological polar surface area (TPSA) is 56.8 Å². The average molecular weight is 229 g/mol. The Bertz CT molecular complexity index is 271. The Hall–Kier alpha value is -1.33. The maximum absolute atomic E-state index is 11.5. The van der Waals surface area contributed by atoms with Crippen LogP contribution in [-0.2, 0) is 19.0 Å². The standard InChI is InChI=1S/C11H19NO4/c1-12-11(13)9(5-6-14-2)7-10(16-4)8-15-3/h5,7H,6,8H2,1-4H3,(H,12,13)/b9-5+,10-7+. The first kappa shape index (κ1) is 14.7. The number of hydrogen-bond acceptors (Lipinski definition) is 4. The predicted molar refractivity (Wildman–Crippen MR) is 61.0 cm³/mol. The fourth-order valence-corrected chi connectivity index (χ4v) is 1.01. The molecule has 0 atom stereocenters. The molecule has 0 heterocycles. The molecule has 1 amide bonds. The van der Waals surface area contributed by atoms with Crippen LogP contribution < -0.4 is 5.32 Å². The maximum Gasteiger partial charge on any atom is 0.250 e. The van der Waals surface area contributed by atoms with Gasteiger partial charge in [0.05, 0.1) is 13.7 Å². The van der Waals surface area contributed by atoms with Gasteiger partial charge >= 0.3 is 0 Å². The van der Waals surface area contributed by atoms with Gasteiger partial charge < -0.3 is 19.5 Å². The Morgan fingerprint density at radius 1 is 1.25 bits per heavy atom. The molecule has 5 heteroatoms. The van der Waals surface area contributed by atoms with Gasteiger partial charge in [0.2, 0.25) is 0 Å². The predicted octanol–water partition coefficient (Wildman–Crippen LogP) is 0.482. The van der Waals surface area contributed by atoms with E-state index >= 15 is 0 Å². The van der Waals surface area contributed by atoms with E-state index in [4.69, 9.17) is 14.2 Å². The second-order valence-corrected chi connectivity index (χ2v) is 2.94. The van der Waals surface area contributed by atoms with Crippen LogP contribution in [0.1, 0.15) is 0 Å². The molecule has 0 unspecified atom stereocenters. The molecule has 0 aliphatic carbocycles. The van der Waals surface area contributed by atoms with Gasteiger partial charge in [0.1, 0.15) is 12.4 Å². The maximum atomic E-state index is 11.5. The molecule has 0 bridgehead atoms. The SMILES string of the molecule is CNC(=O)C(/C=C(\COC)OC)=C/COC. The number of methoxy groups -OCH3 is 3. The number of likely N-dealkylation sites (N-methyl/N-ethyl adjacent to an activating group) is 1. The second-order valence-electron chi connectivity index (χ2n) is 2.94. The van der Waals surface area contributed by atoms with Gasteiger partial charge in [-0.15, -0.1) is 0 Å². The van der Waals surface area contributed by atoms with Crippen molar-refractivity contribution in [2.45, 2.75) is 0 Å². The Morgan fingerprint density at radius 3 is 2.38 bits per heavy atom. The van der Waals surface area contributed by atoms with Crippen molar-refractivity contribution in [3.05, 3.63) is 23.5 Å². The number of amides is 1. The van der Waals surface area contributed by atoms with Crippen LogP contribution in [0.4, 0.5) is 0 Å². The zero-order valence-electron chi connectivity index (χ0n) is 10.2. The third-order valence-electron chi connectivity index (χ3n) is 1.82. The van der Waals surface area contributed by atoms with E-state index in [1.807, 2.05) is 0 Å². The summed E-state index contributed by atoms with van der Waals surface area (Å²) < 4.78 is 14.9. The van der Waals surface area contributed by atoms with Crippen LogP contribution in [0.25, 0.3) is 0 Å². The summed E-state index contributed by atoms with van der Waals surface area (Å²) in [4.78, 5) is 11.5. The number of rotatable bonds is 7. The fourth-order valence-electron chi connectivity index (χ4n) is 1.01. The highest BCUT2D eigenvalue weighted by atomic mass is 16.5. The molecule has 0 saturated carbocycles. The molecule has 5 nitrogen and oxygen atoms in total. The number of nitrogens with one attached hydrogen (secondary N) is 1. The lowest BCUT2D eigenvalue weighted by Gasteiger charge is -2.06. The van der Waals surface area contributed by atoms with Crippen molar-refractivity contribution in [1.82, 2.24) is 5.32 Å². The van der Waals surface area contributed by atoms with Crippen LogP contribution in [0.2, 0.25) is 0 Å². The molecule has 0 spiro atoms. The molecule has 0 radical (unpaired) electrons. The molecule has 0 rings (SSSR count). The Morgan fingerprint density at radius 2 is 1.94 bits per heavy atom. The van der Waals surface area contributed by atoms with Gasteiger partial charge in [-0.1, -0.05) is 0 Å². The van der Waals surface area contributed by atoms with Crippen LogP contribution in [0.5, 0.6) is 0 Å². The van der Waals surface area contributed by atoms with Crippen molar-refractivity contribution in [2.24, 2.45) is 0 Å². The summed E-state index contributed by atoms with van der Waals surface area (Å²) in [5, 5.41) is 2.54. The molecule has 0 fully saturated rings. The second kappa shape index (κ2) is 8.94. The average Bonchev–Trinajstić information content (AvgIpc) is 2.32. The van der Waals surface area contributed by atoms with Crippen molar-refractivity contribution >= 4 is 5.91 Å². The molecule has 0 aromatic carbocycles. The van der Waals surface area contributed by atoms with Gasteiger partial charge in [-0.3, -0.25) is 4.79 Å². The lowest BCUT2D eigenvalue weighted by atomic mass is 10.2. The van der Waals surface area contributed by atoms with Gasteiger partial charge in [0.25, 0.3) is 5.91 Å². The highest BCUT2D eigenvalue weighted by Crippen LogP contribution is 2.04. The summed E-state index contributed by atoms with van der Waals surface area (Å²) >= 11 is 0. The van der Waals surface area contributed by atoms with E-state index in [9.17, 15) is 4.79 Å². The Balaban J connectivity index is 4.81. The lowest BCUT2D eigenvalue weighted by Crippen LogP contribution is -2.20. The molecule has 0 aliphatic heterocycles. The quantitative estimate of drug-likeness (QED) is 0.392. The minimum absolute atomic E-state index is 0.192. The van der Waals surface area contributed by atoms with Crippen LogP contribution in [0.3, 0.4) is 0 Å². The number of carbonyl (C=O) groups is 1. The van der Waals surface area contributed by atoms with E-state index in [0.717, 1.165) is 0 Å². The van der Waals surface area contributed by atoms with Crippen molar-refractivity contribution in [3.8, 4) is 0 Å². The minimum atomic E-state index is -0.192. The van der Waals surface area contributed by atoms with Gasteiger partial charge in [-0.25, -0.2) is 0 Å². The summed E-state index contributed by atoms with van der Waals surface area (Å²) in [6.45, 7) is 0.682. The van der Waals surface area contributed by atoms with Crippen LogP contribution in [-0.4, -0.2) is 47.5 Å². The molecule has 0 aromatic rings. The molecule has 16 heavy (non-hydrogen) atoms. The third kappa shape index (κ3) is 5.53. The van der Waals surface area contributed by atoms with E-state index in [1.54, 1.807) is 33.4 Å². The molecule has 0 saturated heterocycles. The Kier molecular flexibility index (Phi) is 8.19. The van der Waals surface area contributed by atoms with Gasteiger partial charge in [-0.05, 0) is 12.2 Å². The van der Waals surface area contributed by atoms with Gasteiger partial charge in [0.15, 0.2) is 0 Å². The monoisotopic (exact) mass is 229 g/mol. The first-order valence-electron chi connectivity index (χ1n) is 4.84. The third-order valence-corrected chi connectivity index (χ3v) is 1.82. The minimum Gasteiger partial charge on any atom is -0.499 e. The van der Waals surface area contributed by atoms with E-state index < -0.39 is 0 Å². The summed E-state index contributed by atoms with van der Waals surface area (Å²) in [6.07, 6.45) is 3.30. The molecular weight excluding hydrogens is 210 g/mol. The first-order chi connectivity index (χ1) is 7.69. The number of hydrogen-bond donors (Lipinski definition) is 1. The van der Waals surface area contributed by atoms with Crippen molar-refractivity contribution in [3.63, 3.8) is 0 Å². The summed E-state index contributed by atoms with van der Waals surface area (Å²) in [5.74, 6) is 0.385. The summed E-state index contributed by atoms with van der Waals surface area (Å²) in [7, 11) is 6.22. The van der Waals surface area contributed by atoms with Crippen molar-refractivity contribution in [1.29, 1.82) is 0 Å². The van der Waals surface area contributed by atoms with Gasteiger partial charge in [0, 0.05) is 26.8 Å². The first-order valence-corrected chi connectivity index (χ1v) is 4.84. The highest BCUT2D eigenvalue weighted by Gasteiger charge is 2.06. The zero-order chi connectivity index (χ0) is 12.4. The Labute approximate surface area is 96.1 Å². The van der Waals surface area contributed by atoms with E-state index in [1.165, 1.54) is 7.11 Å². The molecular formula is C11H19NO4. The smallest absolute Gasteiger partial charge is 0.250 e. The van der Waals surface area contributed by atoms with Crippen molar-refractivity contribution in [2.75, 3.05) is 41.6 Å². The normalized spacial score (nSPS) is 12.5. The molecule has 0 aromatic heterocycles. The van der Waals surface area contributed by atoms with Crippen molar-refractivity contribution < 1.29 is 19.0 Å². The summed E-state index contributed by atoms with van der Waals surface area (Å²) in [6, 6.07) is 0. The van der Waals surface area contributed by atoms with Crippen LogP contribution in [0.15, 0.2) is 23.5 Å². The molecule has 0 aliphatic rings. The number of ether oxygens (including phenoxy) is 3. The largest absolute Gasteiger partial charge is 0.499 e. The lowest BCUT2D eigenvalue weighted by molar-refractivity contribution is -0.116. The molecule has 92 valence electrons. The molecule has 1 N–H and O–H groups in total. The zero-order valence-corrected chi connectivity index (χ0v) is 10.2. The van der Waals surface area contributed by atoms with E-state index in [2.05, 4.69) is 5.32 Å². The number of carbonyl (C=O) groups excluding carboxylic acids is 1. The van der Waals surface area contributed by atoms with E-state index in [-0.39, 0.29) is 5.91 Å². The van der Waals surface area contributed by atoms with Crippen LogP contribution in [0, 0.1) is 0 Å². The highest BCUT2D eigenvalue weighted by molar-refractivity contribution is 5.96. The fraction of sp³-hybridized carbons (Fsp3) is 0.545. The van der Waals surface area contributed by atoms with E-state index in [0.29, 0.717) is 24.5 Å². The van der Waals surface area contributed by atoms with Gasteiger partial charge in [-0.2, -0.15) is 0 Å². The summed E-state index contributed by atoms with van der Waals surface area (Å²) in [5.41, 5.74) is 0.484. The van der Waals surface area contributed by atoms with Crippen LogP contribution >= 0.6 is 0 Å².